The molecule has 0 bridgehead atoms. The zero-order valence-corrected chi connectivity index (χ0v) is 13.3. The highest BCUT2D eigenvalue weighted by atomic mass is 35.5. The Morgan fingerprint density at radius 2 is 2.05 bits per heavy atom. The Balaban J connectivity index is 2.24. The molecule has 1 aromatic heterocycles. The summed E-state index contributed by atoms with van der Waals surface area (Å²) in [5, 5.41) is 0.696. The Morgan fingerprint density at radius 1 is 1.27 bits per heavy atom. The predicted octanol–water partition coefficient (Wildman–Crippen LogP) is 3.10. The van der Waals surface area contributed by atoms with Gasteiger partial charge in [-0.05, 0) is 31.4 Å². The number of aromatic nitrogens is 2. The van der Waals surface area contributed by atoms with E-state index >= 15 is 0 Å². The van der Waals surface area contributed by atoms with E-state index in [1.54, 1.807) is 6.92 Å². The van der Waals surface area contributed by atoms with Crippen molar-refractivity contribution in [2.24, 2.45) is 0 Å². The van der Waals surface area contributed by atoms with Gasteiger partial charge in [0.1, 0.15) is 0 Å². The predicted molar refractivity (Wildman–Crippen MR) is 83.4 cm³/mol. The van der Waals surface area contributed by atoms with E-state index < -0.39 is 5.97 Å². The molecule has 5 nitrogen and oxygen atoms in total. The molecule has 0 radical (unpaired) electrons. The van der Waals surface area contributed by atoms with Crippen LogP contribution in [0, 0.1) is 0 Å². The van der Waals surface area contributed by atoms with Crippen molar-refractivity contribution in [3.8, 4) is 6.01 Å². The standard InChI is InChI=1S/C16H17ClN2O3/c1-3-22-15(20)12-10-18-16(21-2)19-14(12)9-8-11-6-4-5-7-13(11)17/h4-7,10H,3,8-9H2,1-2H3. The third-order valence-electron chi connectivity index (χ3n) is 3.11. The maximum atomic E-state index is 12.0. The lowest BCUT2D eigenvalue weighted by Crippen LogP contribution is -2.12. The number of benzene rings is 1. The number of hydrogen-bond acceptors (Lipinski definition) is 5. The molecule has 1 heterocycles. The molecule has 0 saturated carbocycles. The van der Waals surface area contributed by atoms with E-state index in [0.29, 0.717) is 35.7 Å². The minimum atomic E-state index is -0.431. The normalized spacial score (nSPS) is 10.3. The summed E-state index contributed by atoms with van der Waals surface area (Å²) in [6.45, 7) is 2.06. The van der Waals surface area contributed by atoms with Gasteiger partial charge in [0.25, 0.3) is 0 Å². The first-order valence-corrected chi connectivity index (χ1v) is 7.34. The molecule has 0 atom stereocenters. The number of carbonyl (C=O) groups is 1. The third-order valence-corrected chi connectivity index (χ3v) is 3.48. The van der Waals surface area contributed by atoms with Gasteiger partial charge in [-0.1, -0.05) is 29.8 Å². The highest BCUT2D eigenvalue weighted by molar-refractivity contribution is 6.31. The molecule has 0 aliphatic carbocycles. The molecule has 2 rings (SSSR count). The highest BCUT2D eigenvalue weighted by Gasteiger charge is 2.16. The first-order valence-electron chi connectivity index (χ1n) is 6.96. The summed E-state index contributed by atoms with van der Waals surface area (Å²) in [7, 11) is 1.48. The molecular formula is C16H17ClN2O3. The van der Waals surface area contributed by atoms with Gasteiger partial charge in [0.15, 0.2) is 0 Å². The molecule has 0 N–H and O–H groups in total. The van der Waals surface area contributed by atoms with Gasteiger partial charge >= 0.3 is 12.0 Å². The molecule has 6 heteroatoms. The minimum absolute atomic E-state index is 0.224. The number of carbonyl (C=O) groups excluding carboxylic acids is 1. The van der Waals surface area contributed by atoms with Crippen LogP contribution < -0.4 is 4.74 Å². The topological polar surface area (TPSA) is 61.3 Å². The van der Waals surface area contributed by atoms with Crippen LogP contribution in [0.25, 0.3) is 0 Å². The monoisotopic (exact) mass is 320 g/mol. The van der Waals surface area contributed by atoms with Gasteiger partial charge < -0.3 is 9.47 Å². The van der Waals surface area contributed by atoms with E-state index in [9.17, 15) is 4.79 Å². The van der Waals surface area contributed by atoms with Gasteiger partial charge in [0, 0.05) is 11.2 Å². The summed E-state index contributed by atoms with van der Waals surface area (Å²) in [6.07, 6.45) is 2.63. The first-order chi connectivity index (χ1) is 10.7. The lowest BCUT2D eigenvalue weighted by atomic mass is 10.1. The number of nitrogens with zero attached hydrogens (tertiary/aromatic N) is 2. The van der Waals surface area contributed by atoms with E-state index in [4.69, 9.17) is 21.1 Å². The molecule has 0 aliphatic rings. The third kappa shape index (κ3) is 3.95. The van der Waals surface area contributed by atoms with Crippen LogP contribution in [0.15, 0.2) is 30.5 Å². The SMILES string of the molecule is CCOC(=O)c1cnc(OC)nc1CCc1ccccc1Cl. The average molecular weight is 321 g/mol. The molecule has 0 aliphatic heterocycles. The van der Waals surface area contributed by atoms with Crippen molar-refractivity contribution in [2.45, 2.75) is 19.8 Å². The maximum absolute atomic E-state index is 12.0. The van der Waals surface area contributed by atoms with Crippen molar-refractivity contribution in [1.82, 2.24) is 9.97 Å². The largest absolute Gasteiger partial charge is 0.467 e. The molecule has 0 unspecified atom stereocenters. The van der Waals surface area contributed by atoms with Crippen LogP contribution in [0.5, 0.6) is 6.01 Å². The second-order valence-electron chi connectivity index (χ2n) is 4.53. The van der Waals surface area contributed by atoms with Crippen molar-refractivity contribution >= 4 is 17.6 Å². The Morgan fingerprint density at radius 3 is 2.73 bits per heavy atom. The quantitative estimate of drug-likeness (QED) is 0.765. The molecule has 22 heavy (non-hydrogen) atoms. The summed E-state index contributed by atoms with van der Waals surface area (Å²) < 4.78 is 10.1. The van der Waals surface area contributed by atoms with Crippen molar-refractivity contribution in [3.05, 3.63) is 52.3 Å². The lowest BCUT2D eigenvalue weighted by molar-refractivity contribution is 0.0523. The summed E-state index contributed by atoms with van der Waals surface area (Å²) in [5.41, 5.74) is 1.94. The van der Waals surface area contributed by atoms with Crippen LogP contribution >= 0.6 is 11.6 Å². The Hall–Kier alpha value is -2.14. The fourth-order valence-electron chi connectivity index (χ4n) is 2.02. The number of halogens is 1. The summed E-state index contributed by atoms with van der Waals surface area (Å²) in [6, 6.07) is 7.81. The van der Waals surface area contributed by atoms with E-state index in [2.05, 4.69) is 9.97 Å². The van der Waals surface area contributed by atoms with Gasteiger partial charge in [-0.15, -0.1) is 0 Å². The number of esters is 1. The number of hydrogen-bond donors (Lipinski definition) is 0. The van der Waals surface area contributed by atoms with Crippen molar-refractivity contribution < 1.29 is 14.3 Å². The minimum Gasteiger partial charge on any atom is -0.467 e. The van der Waals surface area contributed by atoms with Gasteiger partial charge in [0.05, 0.1) is 25.0 Å². The number of methoxy groups -OCH3 is 1. The van der Waals surface area contributed by atoms with Gasteiger partial charge in [-0.3, -0.25) is 0 Å². The smallest absolute Gasteiger partial charge is 0.341 e. The van der Waals surface area contributed by atoms with Gasteiger partial charge in [0.2, 0.25) is 0 Å². The fraction of sp³-hybridized carbons (Fsp3) is 0.312. The number of rotatable bonds is 6. The number of ether oxygens (including phenoxy) is 2. The molecule has 0 spiro atoms. The first kappa shape index (κ1) is 16.2. The van der Waals surface area contributed by atoms with E-state index in [1.807, 2.05) is 24.3 Å². The molecule has 1 aromatic carbocycles. The number of aryl methyl sites for hydroxylation is 2. The maximum Gasteiger partial charge on any atom is 0.341 e. The van der Waals surface area contributed by atoms with Crippen LogP contribution in [0.2, 0.25) is 5.02 Å². The second kappa shape index (κ2) is 7.75. The van der Waals surface area contributed by atoms with Gasteiger partial charge in [-0.2, -0.15) is 4.98 Å². The molecule has 0 amide bonds. The van der Waals surface area contributed by atoms with Crippen molar-refractivity contribution in [1.29, 1.82) is 0 Å². The molecule has 2 aromatic rings. The molecular weight excluding hydrogens is 304 g/mol. The fourth-order valence-corrected chi connectivity index (χ4v) is 2.25. The molecule has 0 fully saturated rings. The Kier molecular flexibility index (Phi) is 5.72. The highest BCUT2D eigenvalue weighted by Crippen LogP contribution is 2.19. The van der Waals surface area contributed by atoms with E-state index in [-0.39, 0.29) is 6.01 Å². The zero-order valence-electron chi connectivity index (χ0n) is 12.5. The van der Waals surface area contributed by atoms with Crippen LogP contribution in [0.1, 0.15) is 28.5 Å². The average Bonchev–Trinajstić information content (AvgIpc) is 2.54. The van der Waals surface area contributed by atoms with Crippen LogP contribution in [-0.2, 0) is 17.6 Å². The lowest BCUT2D eigenvalue weighted by Gasteiger charge is -2.09. The van der Waals surface area contributed by atoms with E-state index in [1.165, 1.54) is 13.3 Å². The Bertz CT molecular complexity index is 662. The van der Waals surface area contributed by atoms with Crippen LogP contribution in [0.4, 0.5) is 0 Å². The molecule has 116 valence electrons. The van der Waals surface area contributed by atoms with E-state index in [0.717, 1.165) is 5.56 Å². The van der Waals surface area contributed by atoms with Crippen molar-refractivity contribution in [3.63, 3.8) is 0 Å². The van der Waals surface area contributed by atoms with Crippen LogP contribution in [0.3, 0.4) is 0 Å². The second-order valence-corrected chi connectivity index (χ2v) is 4.94. The van der Waals surface area contributed by atoms with Crippen LogP contribution in [-0.4, -0.2) is 29.7 Å². The summed E-state index contributed by atoms with van der Waals surface area (Å²) >= 11 is 6.15. The Labute approximate surface area is 134 Å². The van der Waals surface area contributed by atoms with Gasteiger partial charge in [-0.25, -0.2) is 9.78 Å². The van der Waals surface area contributed by atoms with Crippen molar-refractivity contribution in [2.75, 3.05) is 13.7 Å². The summed E-state index contributed by atoms with van der Waals surface area (Å²) in [4.78, 5) is 20.2. The zero-order chi connectivity index (χ0) is 15.9. The summed E-state index contributed by atoms with van der Waals surface area (Å²) in [5.74, 6) is -0.431. The molecule has 0 saturated heterocycles.